The molecule has 0 amide bonds. The van der Waals surface area contributed by atoms with Crippen LogP contribution in [0.5, 0.6) is 0 Å². The lowest BCUT2D eigenvalue weighted by Crippen LogP contribution is -2.34. The van der Waals surface area contributed by atoms with Crippen molar-refractivity contribution in [1.82, 2.24) is 0 Å². The van der Waals surface area contributed by atoms with Gasteiger partial charge in [0.15, 0.2) is 0 Å². The van der Waals surface area contributed by atoms with Gasteiger partial charge < -0.3 is 5.11 Å². The third-order valence-corrected chi connectivity index (χ3v) is 2.74. The Morgan fingerprint density at radius 3 is 2.47 bits per heavy atom. The molecule has 1 N–H and O–H groups in total. The average Bonchev–Trinajstić information content (AvgIpc) is 2.26. The van der Waals surface area contributed by atoms with Gasteiger partial charge in [0.25, 0.3) is 0 Å². The fourth-order valence-electron chi connectivity index (χ4n) is 1.71. The highest BCUT2D eigenvalue weighted by atomic mass is 16.4. The van der Waals surface area contributed by atoms with Crippen molar-refractivity contribution in [1.29, 1.82) is 0 Å². The Morgan fingerprint density at radius 1 is 1.47 bits per heavy atom. The first kappa shape index (κ1) is 11.3. The van der Waals surface area contributed by atoms with E-state index in [-0.39, 0.29) is 6.42 Å². The zero-order valence-electron chi connectivity index (χ0n) is 8.73. The maximum Gasteiger partial charge on any atom is 0.315 e. The molecule has 1 aromatic carbocycles. The largest absolute Gasteiger partial charge is 0.481 e. The molecule has 78 valence electrons. The Morgan fingerprint density at radius 2 is 2.07 bits per heavy atom. The van der Waals surface area contributed by atoms with Crippen LogP contribution in [0.4, 0.5) is 0 Å². The summed E-state index contributed by atoms with van der Waals surface area (Å²) in [5.41, 5.74) is -0.159. The number of benzene rings is 1. The number of terminal acetylenes is 1. The molecule has 0 radical (unpaired) electrons. The van der Waals surface area contributed by atoms with Crippen molar-refractivity contribution >= 4 is 5.97 Å². The van der Waals surface area contributed by atoms with Gasteiger partial charge in [-0.05, 0) is 12.0 Å². The lowest BCUT2D eigenvalue weighted by Gasteiger charge is -2.26. The molecule has 0 aliphatic carbocycles. The summed E-state index contributed by atoms with van der Waals surface area (Å²) in [6.07, 6.45) is 5.97. The number of carbonyl (C=O) groups is 1. The van der Waals surface area contributed by atoms with Gasteiger partial charge in [0.2, 0.25) is 0 Å². The third-order valence-electron chi connectivity index (χ3n) is 2.74. The SMILES string of the molecule is C#CCC(CC)(C(=O)O)c1ccccc1. The summed E-state index contributed by atoms with van der Waals surface area (Å²) < 4.78 is 0. The first-order chi connectivity index (χ1) is 7.17. The van der Waals surface area contributed by atoms with E-state index in [0.717, 1.165) is 5.56 Å². The van der Waals surface area contributed by atoms with Crippen molar-refractivity contribution < 1.29 is 9.90 Å². The molecule has 0 saturated heterocycles. The van der Waals surface area contributed by atoms with Crippen LogP contribution in [-0.2, 0) is 10.2 Å². The van der Waals surface area contributed by atoms with Crippen LogP contribution >= 0.6 is 0 Å². The van der Waals surface area contributed by atoms with Gasteiger partial charge in [0.1, 0.15) is 5.41 Å². The Balaban J connectivity index is 3.23. The van der Waals surface area contributed by atoms with Crippen molar-refractivity contribution in [2.24, 2.45) is 0 Å². The number of carboxylic acid groups (broad SMARTS) is 1. The number of hydrogen-bond acceptors (Lipinski definition) is 1. The number of rotatable bonds is 4. The molecule has 0 saturated carbocycles. The summed E-state index contributed by atoms with van der Waals surface area (Å²) in [5.74, 6) is 1.61. The van der Waals surface area contributed by atoms with Gasteiger partial charge in [0.05, 0.1) is 0 Å². The van der Waals surface area contributed by atoms with Gasteiger partial charge >= 0.3 is 5.97 Å². The molecule has 15 heavy (non-hydrogen) atoms. The van der Waals surface area contributed by atoms with Crippen LogP contribution in [0.2, 0.25) is 0 Å². The molecular weight excluding hydrogens is 188 g/mol. The Labute approximate surface area is 89.9 Å². The molecule has 2 nitrogen and oxygen atoms in total. The molecule has 0 spiro atoms. The van der Waals surface area contributed by atoms with Crippen LogP contribution in [0, 0.1) is 12.3 Å². The topological polar surface area (TPSA) is 37.3 Å². The molecule has 1 atom stereocenters. The number of hydrogen-bond donors (Lipinski definition) is 1. The first-order valence-electron chi connectivity index (χ1n) is 4.89. The lowest BCUT2D eigenvalue weighted by molar-refractivity contribution is -0.143. The molecule has 2 heteroatoms. The first-order valence-corrected chi connectivity index (χ1v) is 4.89. The molecule has 1 unspecified atom stereocenters. The lowest BCUT2D eigenvalue weighted by atomic mass is 9.76. The second-order valence-electron chi connectivity index (χ2n) is 3.49. The summed E-state index contributed by atoms with van der Waals surface area (Å²) >= 11 is 0. The zero-order chi connectivity index (χ0) is 11.3. The van der Waals surface area contributed by atoms with E-state index in [1.807, 2.05) is 37.3 Å². The van der Waals surface area contributed by atoms with Gasteiger partial charge in [-0.3, -0.25) is 4.79 Å². The molecule has 0 heterocycles. The molecule has 0 bridgehead atoms. The van der Waals surface area contributed by atoms with Crippen molar-refractivity contribution in [3.8, 4) is 12.3 Å². The van der Waals surface area contributed by atoms with Crippen molar-refractivity contribution in [2.45, 2.75) is 25.2 Å². The zero-order valence-corrected chi connectivity index (χ0v) is 8.73. The maximum atomic E-state index is 11.3. The van der Waals surface area contributed by atoms with E-state index in [9.17, 15) is 9.90 Å². The van der Waals surface area contributed by atoms with Gasteiger partial charge in [-0.1, -0.05) is 37.3 Å². The monoisotopic (exact) mass is 202 g/mol. The van der Waals surface area contributed by atoms with E-state index in [0.29, 0.717) is 6.42 Å². The van der Waals surface area contributed by atoms with Crippen LogP contribution in [0.25, 0.3) is 0 Å². The van der Waals surface area contributed by atoms with E-state index in [1.54, 1.807) is 0 Å². The van der Waals surface area contributed by atoms with Gasteiger partial charge in [-0.2, -0.15) is 0 Å². The van der Waals surface area contributed by atoms with Gasteiger partial charge in [0, 0.05) is 6.42 Å². The molecule has 1 rings (SSSR count). The smallest absolute Gasteiger partial charge is 0.315 e. The van der Waals surface area contributed by atoms with E-state index < -0.39 is 11.4 Å². The van der Waals surface area contributed by atoms with Crippen molar-refractivity contribution in [3.05, 3.63) is 35.9 Å². The third kappa shape index (κ3) is 2.02. The number of carboxylic acids is 1. The predicted octanol–water partition coefficient (Wildman–Crippen LogP) is 2.44. The second-order valence-corrected chi connectivity index (χ2v) is 3.49. The minimum atomic E-state index is -0.935. The normalized spacial score (nSPS) is 13.9. The van der Waals surface area contributed by atoms with E-state index in [4.69, 9.17) is 6.42 Å². The second kappa shape index (κ2) is 4.65. The highest BCUT2D eigenvalue weighted by Crippen LogP contribution is 2.31. The highest BCUT2D eigenvalue weighted by molar-refractivity contribution is 5.81. The van der Waals surface area contributed by atoms with Gasteiger partial charge in [-0.15, -0.1) is 12.3 Å². The summed E-state index contributed by atoms with van der Waals surface area (Å²) in [6.45, 7) is 1.85. The predicted molar refractivity (Wildman–Crippen MR) is 59.5 cm³/mol. The quantitative estimate of drug-likeness (QED) is 0.761. The molecular formula is C13H14O2. The minimum absolute atomic E-state index is 0.225. The summed E-state index contributed by atoms with van der Waals surface area (Å²) in [7, 11) is 0. The summed E-state index contributed by atoms with van der Waals surface area (Å²) in [5, 5.41) is 9.31. The minimum Gasteiger partial charge on any atom is -0.481 e. The highest BCUT2D eigenvalue weighted by Gasteiger charge is 2.37. The molecule has 0 aliphatic heterocycles. The van der Waals surface area contributed by atoms with Crippen LogP contribution in [0.15, 0.2) is 30.3 Å². The van der Waals surface area contributed by atoms with Crippen LogP contribution in [-0.4, -0.2) is 11.1 Å². The molecule has 1 aromatic rings. The average molecular weight is 202 g/mol. The molecule has 0 aromatic heterocycles. The van der Waals surface area contributed by atoms with Crippen LogP contribution in [0.1, 0.15) is 25.3 Å². The standard InChI is InChI=1S/C13H14O2/c1-3-10-13(4-2,12(14)15)11-8-6-5-7-9-11/h1,5-9H,4,10H2,2H3,(H,14,15). The molecule has 0 fully saturated rings. The van der Waals surface area contributed by atoms with E-state index in [1.165, 1.54) is 0 Å². The Kier molecular flexibility index (Phi) is 3.51. The van der Waals surface area contributed by atoms with E-state index >= 15 is 0 Å². The van der Waals surface area contributed by atoms with Gasteiger partial charge in [-0.25, -0.2) is 0 Å². The fraction of sp³-hybridized carbons (Fsp3) is 0.308. The Hall–Kier alpha value is -1.75. The Bertz CT molecular complexity index is 375. The van der Waals surface area contributed by atoms with E-state index in [2.05, 4.69) is 5.92 Å². The molecule has 0 aliphatic rings. The number of aliphatic carboxylic acids is 1. The van der Waals surface area contributed by atoms with Crippen LogP contribution in [0.3, 0.4) is 0 Å². The summed E-state index contributed by atoms with van der Waals surface area (Å²) in [6, 6.07) is 9.16. The fourth-order valence-corrected chi connectivity index (χ4v) is 1.71. The van der Waals surface area contributed by atoms with Crippen LogP contribution < -0.4 is 0 Å². The summed E-state index contributed by atoms with van der Waals surface area (Å²) in [4.78, 5) is 11.3. The maximum absolute atomic E-state index is 11.3. The van der Waals surface area contributed by atoms with Crippen molar-refractivity contribution in [3.63, 3.8) is 0 Å². The van der Waals surface area contributed by atoms with Crippen molar-refractivity contribution in [2.75, 3.05) is 0 Å².